The Bertz CT molecular complexity index is 722. The van der Waals surface area contributed by atoms with Crippen LogP contribution >= 0.6 is 23.2 Å². The van der Waals surface area contributed by atoms with Gasteiger partial charge in [0.2, 0.25) is 0 Å². The van der Waals surface area contributed by atoms with E-state index in [9.17, 15) is 14.9 Å². The van der Waals surface area contributed by atoms with E-state index in [2.05, 4.69) is 5.32 Å². The van der Waals surface area contributed by atoms with Gasteiger partial charge in [0.15, 0.2) is 12.4 Å². The average molecular weight is 341 g/mol. The van der Waals surface area contributed by atoms with Crippen molar-refractivity contribution in [2.24, 2.45) is 0 Å². The molecule has 2 aromatic rings. The molecule has 114 valence electrons. The highest BCUT2D eigenvalue weighted by Crippen LogP contribution is 2.29. The molecule has 0 aliphatic rings. The molecule has 0 aliphatic heterocycles. The number of halogens is 2. The first kappa shape index (κ1) is 16.1. The Kier molecular flexibility index (Phi) is 5.19. The smallest absolute Gasteiger partial charge is 0.312 e. The standard InChI is InChI=1S/C14H10Cl2N2O4/c15-9-2-1-3-11(6-9)17-14(19)8-22-13-5-4-10(16)7-12(13)18(20)21/h1-7H,8H2,(H,17,19). The fraction of sp³-hybridized carbons (Fsp3) is 0.0714. The largest absolute Gasteiger partial charge is 0.477 e. The molecule has 0 unspecified atom stereocenters. The minimum atomic E-state index is -0.629. The molecule has 2 rings (SSSR count). The van der Waals surface area contributed by atoms with Gasteiger partial charge >= 0.3 is 5.69 Å². The molecule has 6 nitrogen and oxygen atoms in total. The Morgan fingerprint density at radius 3 is 2.59 bits per heavy atom. The topological polar surface area (TPSA) is 81.5 Å². The minimum Gasteiger partial charge on any atom is -0.477 e. The maximum Gasteiger partial charge on any atom is 0.312 e. The molecule has 0 fully saturated rings. The lowest BCUT2D eigenvalue weighted by Gasteiger charge is -2.08. The number of nitro groups is 1. The second-order valence-electron chi connectivity index (χ2n) is 4.22. The molecule has 0 radical (unpaired) electrons. The second-order valence-corrected chi connectivity index (χ2v) is 5.09. The van der Waals surface area contributed by atoms with Crippen LogP contribution in [0.4, 0.5) is 11.4 Å². The highest BCUT2D eigenvalue weighted by molar-refractivity contribution is 6.31. The highest BCUT2D eigenvalue weighted by atomic mass is 35.5. The first-order valence-electron chi connectivity index (χ1n) is 6.08. The van der Waals surface area contributed by atoms with Gasteiger partial charge in [-0.15, -0.1) is 0 Å². The number of rotatable bonds is 5. The van der Waals surface area contributed by atoms with Gasteiger partial charge < -0.3 is 10.1 Å². The quantitative estimate of drug-likeness (QED) is 0.660. The van der Waals surface area contributed by atoms with Crippen LogP contribution in [0.25, 0.3) is 0 Å². The molecule has 2 aromatic carbocycles. The predicted molar refractivity (Wildman–Crippen MR) is 83.7 cm³/mol. The molecule has 8 heteroatoms. The van der Waals surface area contributed by atoms with Gasteiger partial charge in [-0.1, -0.05) is 29.3 Å². The summed E-state index contributed by atoms with van der Waals surface area (Å²) < 4.78 is 5.17. The summed E-state index contributed by atoms with van der Waals surface area (Å²) in [6.45, 7) is -0.380. The molecule has 0 heterocycles. The number of amides is 1. The Balaban J connectivity index is 2.01. The van der Waals surface area contributed by atoms with E-state index in [0.29, 0.717) is 10.7 Å². The molecule has 0 atom stereocenters. The fourth-order valence-electron chi connectivity index (χ4n) is 1.66. The molecule has 22 heavy (non-hydrogen) atoms. The molecule has 0 spiro atoms. The Labute approximate surface area is 135 Å². The van der Waals surface area contributed by atoms with Crippen molar-refractivity contribution in [2.75, 3.05) is 11.9 Å². The Morgan fingerprint density at radius 1 is 1.18 bits per heavy atom. The van der Waals surface area contributed by atoms with E-state index in [-0.39, 0.29) is 23.1 Å². The molecule has 0 saturated carbocycles. The van der Waals surface area contributed by atoms with Crippen molar-refractivity contribution < 1.29 is 14.5 Å². The number of hydrogen-bond acceptors (Lipinski definition) is 4. The maximum atomic E-state index is 11.8. The van der Waals surface area contributed by atoms with Crippen LogP contribution in [0.15, 0.2) is 42.5 Å². The van der Waals surface area contributed by atoms with Crippen LogP contribution in [0, 0.1) is 10.1 Å². The van der Waals surface area contributed by atoms with Crippen LogP contribution < -0.4 is 10.1 Å². The lowest BCUT2D eigenvalue weighted by Crippen LogP contribution is -2.20. The number of benzene rings is 2. The Hall–Kier alpha value is -2.31. The van der Waals surface area contributed by atoms with Crippen LogP contribution in [-0.4, -0.2) is 17.4 Å². The van der Waals surface area contributed by atoms with Crippen molar-refractivity contribution in [1.29, 1.82) is 0 Å². The summed E-state index contributed by atoms with van der Waals surface area (Å²) in [4.78, 5) is 22.0. The monoisotopic (exact) mass is 340 g/mol. The van der Waals surface area contributed by atoms with Gasteiger partial charge in [-0.2, -0.15) is 0 Å². The van der Waals surface area contributed by atoms with Crippen LogP contribution in [-0.2, 0) is 4.79 Å². The molecule has 0 aromatic heterocycles. The number of anilines is 1. The van der Waals surface area contributed by atoms with E-state index in [1.165, 1.54) is 12.1 Å². The van der Waals surface area contributed by atoms with E-state index in [1.807, 2.05) is 0 Å². The third-order valence-electron chi connectivity index (χ3n) is 2.58. The third-order valence-corrected chi connectivity index (χ3v) is 3.06. The van der Waals surface area contributed by atoms with E-state index in [4.69, 9.17) is 27.9 Å². The number of nitrogens with one attached hydrogen (secondary N) is 1. The zero-order valence-electron chi connectivity index (χ0n) is 11.1. The predicted octanol–water partition coefficient (Wildman–Crippen LogP) is 3.92. The van der Waals surface area contributed by atoms with Crippen molar-refractivity contribution in [3.63, 3.8) is 0 Å². The van der Waals surface area contributed by atoms with Gasteiger partial charge in [0.05, 0.1) is 4.92 Å². The molecular weight excluding hydrogens is 331 g/mol. The zero-order valence-corrected chi connectivity index (χ0v) is 12.6. The van der Waals surface area contributed by atoms with Gasteiger partial charge in [0.1, 0.15) is 0 Å². The third kappa shape index (κ3) is 4.34. The van der Waals surface area contributed by atoms with Gasteiger partial charge in [-0.3, -0.25) is 14.9 Å². The SMILES string of the molecule is O=C(COc1ccc(Cl)cc1[N+](=O)[O-])Nc1cccc(Cl)c1. The van der Waals surface area contributed by atoms with Crippen LogP contribution in [0.2, 0.25) is 10.0 Å². The van der Waals surface area contributed by atoms with Gasteiger partial charge in [0.25, 0.3) is 5.91 Å². The van der Waals surface area contributed by atoms with Crippen LogP contribution in [0.5, 0.6) is 5.75 Å². The summed E-state index contributed by atoms with van der Waals surface area (Å²) in [5, 5.41) is 14.2. The molecule has 0 bridgehead atoms. The summed E-state index contributed by atoms with van der Waals surface area (Å²) in [7, 11) is 0. The summed E-state index contributed by atoms with van der Waals surface area (Å²) in [5.74, 6) is -0.498. The van der Waals surface area contributed by atoms with Crippen LogP contribution in [0.1, 0.15) is 0 Å². The number of ether oxygens (including phenoxy) is 1. The average Bonchev–Trinajstić information content (AvgIpc) is 2.45. The molecule has 1 amide bonds. The normalized spacial score (nSPS) is 10.1. The first-order valence-corrected chi connectivity index (χ1v) is 6.83. The zero-order chi connectivity index (χ0) is 16.1. The summed E-state index contributed by atoms with van der Waals surface area (Å²) in [6.07, 6.45) is 0. The van der Waals surface area contributed by atoms with E-state index in [1.54, 1.807) is 24.3 Å². The van der Waals surface area contributed by atoms with Crippen molar-refractivity contribution in [1.82, 2.24) is 0 Å². The number of nitro benzene ring substituents is 1. The van der Waals surface area contributed by atoms with Crippen molar-refractivity contribution in [3.8, 4) is 5.75 Å². The molecule has 1 N–H and O–H groups in total. The van der Waals surface area contributed by atoms with Crippen molar-refractivity contribution in [2.45, 2.75) is 0 Å². The fourth-order valence-corrected chi connectivity index (χ4v) is 2.02. The lowest BCUT2D eigenvalue weighted by atomic mass is 10.3. The van der Waals surface area contributed by atoms with E-state index >= 15 is 0 Å². The van der Waals surface area contributed by atoms with E-state index in [0.717, 1.165) is 6.07 Å². The second kappa shape index (κ2) is 7.11. The van der Waals surface area contributed by atoms with Gasteiger partial charge in [-0.05, 0) is 30.3 Å². The van der Waals surface area contributed by atoms with Crippen LogP contribution in [0.3, 0.4) is 0 Å². The van der Waals surface area contributed by atoms with Crippen molar-refractivity contribution in [3.05, 3.63) is 62.6 Å². The number of carbonyl (C=O) groups is 1. The minimum absolute atomic E-state index is 0.0318. The number of nitrogens with zero attached hydrogens (tertiary/aromatic N) is 1. The van der Waals surface area contributed by atoms with Crippen molar-refractivity contribution >= 4 is 40.5 Å². The highest BCUT2D eigenvalue weighted by Gasteiger charge is 2.16. The number of carbonyl (C=O) groups excluding carboxylic acids is 1. The van der Waals surface area contributed by atoms with E-state index < -0.39 is 10.8 Å². The first-order chi connectivity index (χ1) is 10.5. The summed E-state index contributed by atoms with van der Waals surface area (Å²) >= 11 is 11.5. The Morgan fingerprint density at radius 2 is 1.91 bits per heavy atom. The van der Waals surface area contributed by atoms with Gasteiger partial charge in [-0.25, -0.2) is 0 Å². The molecule has 0 aliphatic carbocycles. The number of hydrogen-bond donors (Lipinski definition) is 1. The molecular formula is C14H10Cl2N2O4. The maximum absolute atomic E-state index is 11.8. The lowest BCUT2D eigenvalue weighted by molar-refractivity contribution is -0.385. The van der Waals surface area contributed by atoms with Gasteiger partial charge in [0, 0.05) is 21.8 Å². The molecule has 0 saturated heterocycles. The summed E-state index contributed by atoms with van der Waals surface area (Å²) in [6, 6.07) is 10.5. The summed E-state index contributed by atoms with van der Waals surface area (Å²) in [5.41, 5.74) is 0.203.